The van der Waals surface area contributed by atoms with Crippen molar-refractivity contribution in [1.29, 1.82) is 0 Å². The van der Waals surface area contributed by atoms with E-state index in [1.165, 1.54) is 12.1 Å². The van der Waals surface area contributed by atoms with E-state index in [2.05, 4.69) is 4.90 Å². The molecule has 1 N–H and O–H groups in total. The van der Waals surface area contributed by atoms with Crippen LogP contribution in [-0.4, -0.2) is 49.0 Å². The Morgan fingerprint density at radius 1 is 1.28 bits per heavy atom. The topological polar surface area (TPSA) is 41.9 Å². The first-order valence-electron chi connectivity index (χ1n) is 6.18. The van der Waals surface area contributed by atoms with Gasteiger partial charge < -0.3 is 14.6 Å². The number of halogens is 1. The third-order valence-corrected chi connectivity index (χ3v) is 3.50. The molecule has 2 aliphatic heterocycles. The molecule has 1 saturated heterocycles. The van der Waals surface area contributed by atoms with Crippen molar-refractivity contribution in [3.05, 3.63) is 29.6 Å². The highest BCUT2D eigenvalue weighted by Crippen LogP contribution is 2.36. The van der Waals surface area contributed by atoms with Crippen LogP contribution in [0.2, 0.25) is 0 Å². The smallest absolute Gasteiger partial charge is 0.124 e. The third kappa shape index (κ3) is 2.09. The Labute approximate surface area is 105 Å². The molecule has 0 amide bonds. The normalized spacial score (nSPS) is 28.6. The van der Waals surface area contributed by atoms with Crippen LogP contribution >= 0.6 is 0 Å². The van der Waals surface area contributed by atoms with Crippen LogP contribution in [-0.2, 0) is 4.74 Å². The van der Waals surface area contributed by atoms with Crippen molar-refractivity contribution in [2.75, 3.05) is 32.9 Å². The second-order valence-corrected chi connectivity index (χ2v) is 4.65. The number of rotatable bonds is 1. The monoisotopic (exact) mass is 253 g/mol. The van der Waals surface area contributed by atoms with E-state index in [0.717, 1.165) is 18.7 Å². The Hall–Kier alpha value is -1.17. The zero-order chi connectivity index (χ0) is 12.5. The molecule has 1 fully saturated rings. The summed E-state index contributed by atoms with van der Waals surface area (Å²) >= 11 is 0. The van der Waals surface area contributed by atoms with Crippen LogP contribution < -0.4 is 4.74 Å². The maximum Gasteiger partial charge on any atom is 0.124 e. The van der Waals surface area contributed by atoms with E-state index < -0.39 is 6.10 Å². The molecule has 0 aromatic heterocycles. The van der Waals surface area contributed by atoms with Crippen LogP contribution in [0.1, 0.15) is 11.6 Å². The standard InChI is InChI=1S/C13H16FNO3/c14-9-1-2-12-10(7-9)13(11(16)8-18-12)15-3-5-17-6-4-15/h1-2,7,11,13,16H,3-6,8H2. The maximum atomic E-state index is 13.4. The van der Waals surface area contributed by atoms with Crippen molar-refractivity contribution in [3.63, 3.8) is 0 Å². The fourth-order valence-electron chi connectivity index (χ4n) is 2.65. The summed E-state index contributed by atoms with van der Waals surface area (Å²) in [7, 11) is 0. The van der Waals surface area contributed by atoms with Gasteiger partial charge in [-0.15, -0.1) is 0 Å². The van der Waals surface area contributed by atoms with E-state index in [-0.39, 0.29) is 18.5 Å². The second-order valence-electron chi connectivity index (χ2n) is 4.65. The number of hydrogen-bond donors (Lipinski definition) is 1. The van der Waals surface area contributed by atoms with Gasteiger partial charge in [0.25, 0.3) is 0 Å². The lowest BCUT2D eigenvalue weighted by atomic mass is 9.96. The molecule has 18 heavy (non-hydrogen) atoms. The minimum atomic E-state index is -0.627. The van der Waals surface area contributed by atoms with Crippen LogP contribution in [0.3, 0.4) is 0 Å². The van der Waals surface area contributed by atoms with Crippen LogP contribution in [0, 0.1) is 5.82 Å². The van der Waals surface area contributed by atoms with E-state index in [0.29, 0.717) is 19.0 Å². The van der Waals surface area contributed by atoms with Gasteiger partial charge >= 0.3 is 0 Å². The highest BCUT2D eigenvalue weighted by atomic mass is 19.1. The predicted molar refractivity (Wildman–Crippen MR) is 63.0 cm³/mol. The largest absolute Gasteiger partial charge is 0.490 e. The zero-order valence-electron chi connectivity index (χ0n) is 10.0. The lowest BCUT2D eigenvalue weighted by Crippen LogP contribution is -2.47. The Balaban J connectivity index is 1.95. The number of aliphatic hydroxyl groups excluding tert-OH is 1. The Bertz CT molecular complexity index is 434. The molecule has 4 nitrogen and oxygen atoms in total. The quantitative estimate of drug-likeness (QED) is 0.809. The first-order valence-corrected chi connectivity index (χ1v) is 6.18. The highest BCUT2D eigenvalue weighted by molar-refractivity contribution is 5.39. The Morgan fingerprint density at radius 3 is 2.83 bits per heavy atom. The van der Waals surface area contributed by atoms with Gasteiger partial charge in [-0.2, -0.15) is 0 Å². The number of fused-ring (bicyclic) bond motifs is 1. The summed E-state index contributed by atoms with van der Waals surface area (Å²) < 4.78 is 24.1. The summed E-state index contributed by atoms with van der Waals surface area (Å²) in [4.78, 5) is 2.13. The fourth-order valence-corrected chi connectivity index (χ4v) is 2.65. The van der Waals surface area contributed by atoms with Gasteiger partial charge in [0, 0.05) is 18.7 Å². The van der Waals surface area contributed by atoms with Crippen LogP contribution in [0.25, 0.3) is 0 Å². The molecule has 2 aliphatic rings. The lowest BCUT2D eigenvalue weighted by molar-refractivity contribution is -0.0444. The molecule has 0 spiro atoms. The molecule has 0 aliphatic carbocycles. The highest BCUT2D eigenvalue weighted by Gasteiger charge is 2.35. The van der Waals surface area contributed by atoms with Gasteiger partial charge in [0.1, 0.15) is 24.3 Å². The van der Waals surface area contributed by atoms with Gasteiger partial charge in [0.15, 0.2) is 0 Å². The van der Waals surface area contributed by atoms with Crippen molar-refractivity contribution in [3.8, 4) is 5.75 Å². The summed E-state index contributed by atoms with van der Waals surface area (Å²) in [6.07, 6.45) is -0.627. The Morgan fingerprint density at radius 2 is 2.06 bits per heavy atom. The number of benzene rings is 1. The summed E-state index contributed by atoms with van der Waals surface area (Å²) in [6.45, 7) is 3.04. The average Bonchev–Trinajstić information content (AvgIpc) is 2.39. The summed E-state index contributed by atoms with van der Waals surface area (Å²) in [5.74, 6) is 0.364. The van der Waals surface area contributed by atoms with E-state index in [4.69, 9.17) is 9.47 Å². The van der Waals surface area contributed by atoms with Gasteiger partial charge in [-0.3, -0.25) is 4.90 Å². The number of nitrogens with zero attached hydrogens (tertiary/aromatic N) is 1. The van der Waals surface area contributed by atoms with E-state index in [1.807, 2.05) is 0 Å². The summed E-state index contributed by atoms with van der Waals surface area (Å²) in [6, 6.07) is 4.27. The molecule has 2 heterocycles. The van der Waals surface area contributed by atoms with Gasteiger partial charge in [-0.25, -0.2) is 4.39 Å². The minimum Gasteiger partial charge on any atom is -0.490 e. The molecule has 2 atom stereocenters. The number of morpholine rings is 1. The van der Waals surface area contributed by atoms with Gasteiger partial charge in [-0.05, 0) is 18.2 Å². The molecule has 1 aromatic carbocycles. The molecule has 3 rings (SSSR count). The zero-order valence-corrected chi connectivity index (χ0v) is 10.0. The van der Waals surface area contributed by atoms with Crippen LogP contribution in [0.4, 0.5) is 4.39 Å². The second kappa shape index (κ2) is 4.84. The Kier molecular flexibility index (Phi) is 3.20. The summed E-state index contributed by atoms with van der Waals surface area (Å²) in [5.41, 5.74) is 0.732. The fraction of sp³-hybridized carbons (Fsp3) is 0.538. The first kappa shape index (κ1) is 11.9. The van der Waals surface area contributed by atoms with E-state index in [1.54, 1.807) is 6.07 Å². The maximum absolute atomic E-state index is 13.4. The van der Waals surface area contributed by atoms with E-state index >= 15 is 0 Å². The van der Waals surface area contributed by atoms with Crippen molar-refractivity contribution >= 4 is 0 Å². The van der Waals surface area contributed by atoms with Crippen molar-refractivity contribution < 1.29 is 19.0 Å². The molecular formula is C13H16FNO3. The molecule has 5 heteroatoms. The number of aliphatic hydroxyl groups is 1. The molecule has 1 aromatic rings. The first-order chi connectivity index (χ1) is 8.75. The SMILES string of the molecule is OC1COc2ccc(F)cc2C1N1CCOCC1. The molecule has 0 bridgehead atoms. The number of hydrogen-bond acceptors (Lipinski definition) is 4. The summed E-state index contributed by atoms with van der Waals surface area (Å²) in [5, 5.41) is 10.1. The molecular weight excluding hydrogens is 237 g/mol. The lowest BCUT2D eigenvalue weighted by Gasteiger charge is -2.40. The van der Waals surface area contributed by atoms with Gasteiger partial charge in [-0.1, -0.05) is 0 Å². The van der Waals surface area contributed by atoms with Crippen LogP contribution in [0.15, 0.2) is 18.2 Å². The van der Waals surface area contributed by atoms with Crippen LogP contribution in [0.5, 0.6) is 5.75 Å². The average molecular weight is 253 g/mol. The minimum absolute atomic E-state index is 0.201. The van der Waals surface area contributed by atoms with E-state index in [9.17, 15) is 9.50 Å². The van der Waals surface area contributed by atoms with Gasteiger partial charge in [0.2, 0.25) is 0 Å². The predicted octanol–water partition coefficient (Wildman–Crippen LogP) is 0.952. The van der Waals surface area contributed by atoms with Gasteiger partial charge in [0.05, 0.1) is 19.3 Å². The molecule has 0 radical (unpaired) electrons. The van der Waals surface area contributed by atoms with Crippen molar-refractivity contribution in [2.24, 2.45) is 0 Å². The van der Waals surface area contributed by atoms with Crippen molar-refractivity contribution in [2.45, 2.75) is 12.1 Å². The third-order valence-electron chi connectivity index (χ3n) is 3.50. The number of ether oxygens (including phenoxy) is 2. The molecule has 98 valence electrons. The molecule has 0 saturated carbocycles. The molecule has 2 unspecified atom stereocenters. The van der Waals surface area contributed by atoms with Crippen molar-refractivity contribution in [1.82, 2.24) is 4.90 Å².